The van der Waals surface area contributed by atoms with Crippen molar-refractivity contribution in [3.8, 4) is 5.69 Å². The Bertz CT molecular complexity index is 950. The molecule has 31 heavy (non-hydrogen) atoms. The normalized spacial score (nSPS) is 33.3. The zero-order chi connectivity index (χ0) is 21.0. The van der Waals surface area contributed by atoms with Crippen LogP contribution in [0.2, 0.25) is 0 Å². The van der Waals surface area contributed by atoms with E-state index in [0.29, 0.717) is 0 Å². The van der Waals surface area contributed by atoms with E-state index in [1.54, 1.807) is 0 Å². The zero-order valence-corrected chi connectivity index (χ0v) is 19.6. The van der Waals surface area contributed by atoms with Crippen LogP contribution in [0.3, 0.4) is 0 Å². The van der Waals surface area contributed by atoms with Gasteiger partial charge in [-0.25, -0.2) is 4.68 Å². The van der Waals surface area contributed by atoms with Crippen LogP contribution in [0, 0.1) is 22.5 Å². The number of para-hydroxylation sites is 1. The van der Waals surface area contributed by atoms with Crippen molar-refractivity contribution in [3.05, 3.63) is 40.9 Å². The van der Waals surface area contributed by atoms with Gasteiger partial charge in [0, 0.05) is 37.3 Å². The van der Waals surface area contributed by atoms with Crippen molar-refractivity contribution in [2.24, 2.45) is 17.8 Å². The molecule has 0 spiro atoms. The highest BCUT2D eigenvalue weighted by molar-refractivity contribution is 7.71. The maximum absolute atomic E-state index is 6.09. The van der Waals surface area contributed by atoms with Crippen LogP contribution in [0.1, 0.15) is 51.3 Å². The Morgan fingerprint density at radius 3 is 2.06 bits per heavy atom. The molecule has 5 fully saturated rings. The summed E-state index contributed by atoms with van der Waals surface area (Å²) >= 11 is 6.09. The summed E-state index contributed by atoms with van der Waals surface area (Å²) in [6.07, 6.45) is 8.29. The first-order valence-corrected chi connectivity index (χ1v) is 12.7. The van der Waals surface area contributed by atoms with E-state index in [0.717, 1.165) is 61.9 Å². The molecule has 1 aromatic carbocycles. The quantitative estimate of drug-likeness (QED) is 0.646. The third-order valence-electron chi connectivity index (χ3n) is 8.61. The molecular formula is C25H35N5S. The lowest BCUT2D eigenvalue weighted by Gasteiger charge is -2.56. The van der Waals surface area contributed by atoms with E-state index in [4.69, 9.17) is 17.3 Å². The lowest BCUT2D eigenvalue weighted by molar-refractivity contribution is -0.0106. The standard InChI is InChI=1S/C25H35N5S/c1-2-27-8-10-28(11-9-27)18-29-24(31)30(22-6-4-3-5-7-22)23(26-29)25-15-19-12-20(16-25)14-21(13-19)17-25/h3-7,19-21H,2,8-18H2,1H3. The first-order valence-electron chi connectivity index (χ1n) is 12.3. The van der Waals surface area contributed by atoms with E-state index >= 15 is 0 Å². The predicted octanol–water partition coefficient (Wildman–Crippen LogP) is 4.47. The van der Waals surface area contributed by atoms with Gasteiger partial charge in [-0.05, 0) is 87.2 Å². The molecule has 7 rings (SSSR count). The molecule has 0 unspecified atom stereocenters. The van der Waals surface area contributed by atoms with Gasteiger partial charge in [0.05, 0.1) is 6.67 Å². The molecule has 1 aromatic heterocycles. The predicted molar refractivity (Wildman–Crippen MR) is 126 cm³/mol. The van der Waals surface area contributed by atoms with Crippen LogP contribution in [0.5, 0.6) is 0 Å². The average molecular weight is 438 g/mol. The SMILES string of the molecule is CCN1CCN(Cn2nc(C34CC5CC(CC(C5)C3)C4)n(-c3ccccc3)c2=S)CC1. The van der Waals surface area contributed by atoms with E-state index in [1.165, 1.54) is 50.0 Å². The maximum atomic E-state index is 6.09. The molecule has 166 valence electrons. The van der Waals surface area contributed by atoms with E-state index in [2.05, 4.69) is 56.3 Å². The topological polar surface area (TPSA) is 29.2 Å². The summed E-state index contributed by atoms with van der Waals surface area (Å²) in [4.78, 5) is 5.05. The molecule has 0 amide bonds. The van der Waals surface area contributed by atoms with Crippen LogP contribution >= 0.6 is 12.2 Å². The highest BCUT2D eigenvalue weighted by Gasteiger charge is 2.54. The van der Waals surface area contributed by atoms with Crippen molar-refractivity contribution in [1.29, 1.82) is 0 Å². The smallest absolute Gasteiger partial charge is 0.203 e. The highest BCUT2D eigenvalue weighted by atomic mass is 32.1. The second kappa shape index (κ2) is 7.82. The Hall–Kier alpha value is -1.50. The van der Waals surface area contributed by atoms with Gasteiger partial charge >= 0.3 is 0 Å². The van der Waals surface area contributed by atoms with Gasteiger partial charge in [0.15, 0.2) is 0 Å². The Kier molecular flexibility index (Phi) is 5.08. The van der Waals surface area contributed by atoms with Crippen molar-refractivity contribution in [2.45, 2.75) is 57.5 Å². The molecule has 1 saturated heterocycles. The molecule has 4 aliphatic carbocycles. The summed E-state index contributed by atoms with van der Waals surface area (Å²) in [6.45, 7) is 8.70. The van der Waals surface area contributed by atoms with Crippen LogP contribution in [0.15, 0.2) is 30.3 Å². The van der Waals surface area contributed by atoms with Crippen molar-refractivity contribution in [2.75, 3.05) is 32.7 Å². The molecule has 6 heteroatoms. The fourth-order valence-corrected chi connectivity index (χ4v) is 7.76. The molecule has 4 saturated carbocycles. The van der Waals surface area contributed by atoms with Gasteiger partial charge in [0.25, 0.3) is 0 Å². The van der Waals surface area contributed by atoms with Crippen molar-refractivity contribution < 1.29 is 0 Å². The largest absolute Gasteiger partial charge is 0.301 e. The molecule has 4 bridgehead atoms. The minimum absolute atomic E-state index is 0.226. The first-order chi connectivity index (χ1) is 15.1. The van der Waals surface area contributed by atoms with E-state index in [1.807, 2.05) is 0 Å². The number of rotatable bonds is 5. The summed E-state index contributed by atoms with van der Waals surface area (Å²) in [7, 11) is 0. The van der Waals surface area contributed by atoms with E-state index in [9.17, 15) is 0 Å². The van der Waals surface area contributed by atoms with Crippen LogP contribution in [0.4, 0.5) is 0 Å². The Balaban J connectivity index is 1.38. The minimum Gasteiger partial charge on any atom is -0.301 e. The molecule has 5 aliphatic rings. The number of aromatic nitrogens is 3. The maximum Gasteiger partial charge on any atom is 0.203 e. The molecule has 0 N–H and O–H groups in total. The van der Waals surface area contributed by atoms with Gasteiger partial charge in [-0.1, -0.05) is 25.1 Å². The van der Waals surface area contributed by atoms with Crippen molar-refractivity contribution in [1.82, 2.24) is 24.1 Å². The first kappa shape index (κ1) is 20.1. The van der Waals surface area contributed by atoms with E-state index in [-0.39, 0.29) is 5.41 Å². The number of nitrogens with zero attached hydrogens (tertiary/aromatic N) is 5. The van der Waals surface area contributed by atoms with Crippen LogP contribution < -0.4 is 0 Å². The third kappa shape index (κ3) is 3.51. The third-order valence-corrected chi connectivity index (χ3v) is 9.01. The van der Waals surface area contributed by atoms with Crippen LogP contribution in [0.25, 0.3) is 5.69 Å². The van der Waals surface area contributed by atoms with Gasteiger partial charge < -0.3 is 4.90 Å². The van der Waals surface area contributed by atoms with Gasteiger partial charge in [-0.2, -0.15) is 5.10 Å². The van der Waals surface area contributed by atoms with Gasteiger partial charge in [0.1, 0.15) is 5.82 Å². The Morgan fingerprint density at radius 2 is 1.48 bits per heavy atom. The molecule has 2 aromatic rings. The lowest BCUT2D eigenvalue weighted by atomic mass is 9.49. The summed E-state index contributed by atoms with van der Waals surface area (Å²) in [5, 5.41) is 5.33. The van der Waals surface area contributed by atoms with Crippen LogP contribution in [-0.4, -0.2) is 56.9 Å². The molecule has 5 nitrogen and oxygen atoms in total. The number of benzene rings is 1. The van der Waals surface area contributed by atoms with Crippen molar-refractivity contribution in [3.63, 3.8) is 0 Å². The zero-order valence-electron chi connectivity index (χ0n) is 18.7. The highest BCUT2D eigenvalue weighted by Crippen LogP contribution is 2.60. The lowest BCUT2D eigenvalue weighted by Crippen LogP contribution is -2.49. The second-order valence-electron chi connectivity index (χ2n) is 10.7. The molecule has 0 radical (unpaired) electrons. The summed E-state index contributed by atoms with van der Waals surface area (Å²) in [6, 6.07) is 10.7. The summed E-state index contributed by atoms with van der Waals surface area (Å²) in [5.41, 5.74) is 1.41. The number of likely N-dealkylation sites (N-methyl/N-ethyl adjacent to an activating group) is 1. The minimum atomic E-state index is 0.226. The second-order valence-corrected chi connectivity index (χ2v) is 11.0. The van der Waals surface area contributed by atoms with Gasteiger partial charge in [-0.15, -0.1) is 0 Å². The number of hydrogen-bond donors (Lipinski definition) is 0. The molecule has 2 heterocycles. The average Bonchev–Trinajstić information content (AvgIpc) is 3.11. The fourth-order valence-electron chi connectivity index (χ4n) is 7.47. The number of hydrogen-bond acceptors (Lipinski definition) is 4. The van der Waals surface area contributed by atoms with Gasteiger partial charge in [0.2, 0.25) is 4.77 Å². The van der Waals surface area contributed by atoms with Crippen LogP contribution in [-0.2, 0) is 12.1 Å². The summed E-state index contributed by atoms with van der Waals surface area (Å²) in [5.74, 6) is 3.96. The number of piperazine rings is 1. The summed E-state index contributed by atoms with van der Waals surface area (Å²) < 4.78 is 5.35. The Labute approximate surface area is 191 Å². The monoisotopic (exact) mass is 437 g/mol. The fraction of sp³-hybridized carbons (Fsp3) is 0.680. The van der Waals surface area contributed by atoms with E-state index < -0.39 is 0 Å². The van der Waals surface area contributed by atoms with Crippen molar-refractivity contribution >= 4 is 12.2 Å². The molecule has 0 atom stereocenters. The Morgan fingerprint density at radius 1 is 0.903 bits per heavy atom. The molecular weight excluding hydrogens is 402 g/mol. The van der Waals surface area contributed by atoms with Gasteiger partial charge in [-0.3, -0.25) is 9.47 Å². The molecule has 1 aliphatic heterocycles.